The van der Waals surface area contributed by atoms with Crippen molar-refractivity contribution in [3.8, 4) is 0 Å². The zero-order valence-corrected chi connectivity index (χ0v) is 16.4. The second-order valence-corrected chi connectivity index (χ2v) is 8.76. The average molecular weight is 438 g/mol. The van der Waals surface area contributed by atoms with Crippen LogP contribution in [0.2, 0.25) is 0 Å². The molecule has 5 fully saturated rings. The summed E-state index contributed by atoms with van der Waals surface area (Å²) in [6, 6.07) is 7.03. The van der Waals surface area contributed by atoms with Crippen LogP contribution in [0.25, 0.3) is 0 Å². The molecule has 0 radical (unpaired) electrons. The van der Waals surface area contributed by atoms with Gasteiger partial charge in [-0.25, -0.2) is 9.78 Å². The molecule has 1 aromatic carbocycles. The minimum Gasteiger partial charge on any atom is -0.432 e. The number of amides is 1. The number of esters is 1. The van der Waals surface area contributed by atoms with E-state index in [1.54, 1.807) is 19.1 Å². The average Bonchev–Trinajstić information content (AvgIpc) is 2.87. The number of rotatable bonds is 1. The standard InChI is InChI=1S/C19H20BrNO6/c1-18-8-6-14-19(27-26-18)12(10-15(22)24-17(19)25-18)7-9-21(14)16(23)11-2-4-13(20)5-3-11/h2-5,12,14,17H,6-10H2,1H3/t12-,14+,17+,18+,19-/m0/s1. The molecule has 8 heteroatoms. The molecule has 0 unspecified atom stereocenters. The normalized spacial score (nSPS) is 40.1. The summed E-state index contributed by atoms with van der Waals surface area (Å²) in [4.78, 5) is 38.8. The fourth-order valence-corrected chi connectivity index (χ4v) is 5.10. The van der Waals surface area contributed by atoms with Crippen molar-refractivity contribution >= 4 is 27.8 Å². The third-order valence-corrected chi connectivity index (χ3v) is 6.74. The molecule has 1 amide bonds. The van der Waals surface area contributed by atoms with Crippen molar-refractivity contribution in [3.05, 3.63) is 34.3 Å². The van der Waals surface area contributed by atoms with Gasteiger partial charge in [0.25, 0.3) is 5.91 Å². The molecular formula is C19H20BrNO6. The van der Waals surface area contributed by atoms with Crippen LogP contribution in [0.4, 0.5) is 0 Å². The number of ether oxygens (including phenoxy) is 2. The lowest BCUT2D eigenvalue weighted by Crippen LogP contribution is -2.73. The molecule has 1 aromatic rings. The maximum absolute atomic E-state index is 13.3. The van der Waals surface area contributed by atoms with Gasteiger partial charge in [-0.05, 0) is 44.0 Å². The van der Waals surface area contributed by atoms with Crippen molar-refractivity contribution in [2.45, 2.75) is 56.3 Å². The quantitative estimate of drug-likeness (QED) is 0.496. The number of carbonyl (C=O) groups excluding carboxylic acids is 2. The van der Waals surface area contributed by atoms with Crippen LogP contribution in [-0.4, -0.2) is 47.0 Å². The monoisotopic (exact) mass is 437 g/mol. The highest BCUT2D eigenvalue weighted by Gasteiger charge is 2.69. The Hall–Kier alpha value is -1.48. The number of fused-ring (bicyclic) bond motifs is 2. The smallest absolute Gasteiger partial charge is 0.308 e. The zero-order chi connectivity index (χ0) is 18.8. The Kier molecular flexibility index (Phi) is 3.92. The molecule has 5 atom stereocenters. The predicted octanol–water partition coefficient (Wildman–Crippen LogP) is 2.78. The molecular weight excluding hydrogens is 418 g/mol. The molecule has 7 nitrogen and oxygen atoms in total. The van der Waals surface area contributed by atoms with E-state index in [-0.39, 0.29) is 30.3 Å². The van der Waals surface area contributed by atoms with E-state index in [0.29, 0.717) is 31.4 Å². The summed E-state index contributed by atoms with van der Waals surface area (Å²) in [5.41, 5.74) is -0.364. The van der Waals surface area contributed by atoms with E-state index in [9.17, 15) is 9.59 Å². The highest BCUT2D eigenvalue weighted by atomic mass is 79.9. The van der Waals surface area contributed by atoms with Crippen molar-refractivity contribution in [1.29, 1.82) is 0 Å². The third kappa shape index (κ3) is 2.57. The summed E-state index contributed by atoms with van der Waals surface area (Å²) in [6.07, 6.45) is 1.22. The van der Waals surface area contributed by atoms with E-state index >= 15 is 0 Å². The van der Waals surface area contributed by atoms with Crippen LogP contribution in [0.3, 0.4) is 0 Å². The number of carbonyl (C=O) groups is 2. The van der Waals surface area contributed by atoms with E-state index < -0.39 is 17.7 Å². The Bertz CT molecular complexity index is 800. The van der Waals surface area contributed by atoms with Gasteiger partial charge in [-0.1, -0.05) is 15.9 Å². The van der Waals surface area contributed by atoms with Gasteiger partial charge in [0, 0.05) is 28.9 Å². The van der Waals surface area contributed by atoms with Gasteiger partial charge in [0.1, 0.15) is 0 Å². The van der Waals surface area contributed by atoms with Gasteiger partial charge >= 0.3 is 5.97 Å². The first-order valence-electron chi connectivity index (χ1n) is 9.22. The lowest BCUT2D eigenvalue weighted by molar-refractivity contribution is -0.554. The van der Waals surface area contributed by atoms with Gasteiger partial charge in [-0.15, -0.1) is 0 Å². The summed E-state index contributed by atoms with van der Waals surface area (Å²) in [5, 5.41) is 0. The van der Waals surface area contributed by atoms with Gasteiger partial charge in [0.2, 0.25) is 12.1 Å². The molecule has 5 aliphatic rings. The summed E-state index contributed by atoms with van der Waals surface area (Å²) in [6.45, 7) is 2.33. The summed E-state index contributed by atoms with van der Waals surface area (Å²) < 4.78 is 12.5. The van der Waals surface area contributed by atoms with Crippen molar-refractivity contribution < 1.29 is 28.8 Å². The Morgan fingerprint density at radius 2 is 2.00 bits per heavy atom. The second kappa shape index (κ2) is 6.01. The molecule has 0 aliphatic carbocycles. The van der Waals surface area contributed by atoms with Crippen LogP contribution in [0.15, 0.2) is 28.7 Å². The van der Waals surface area contributed by atoms with Gasteiger partial charge in [0.15, 0.2) is 5.60 Å². The number of halogens is 1. The molecule has 5 saturated heterocycles. The van der Waals surface area contributed by atoms with Crippen LogP contribution in [0.5, 0.6) is 0 Å². The highest BCUT2D eigenvalue weighted by molar-refractivity contribution is 9.10. The fourth-order valence-electron chi connectivity index (χ4n) is 4.83. The van der Waals surface area contributed by atoms with E-state index in [2.05, 4.69) is 15.9 Å². The largest absolute Gasteiger partial charge is 0.432 e. The van der Waals surface area contributed by atoms with Crippen LogP contribution in [0, 0.1) is 5.92 Å². The molecule has 0 aromatic heterocycles. The van der Waals surface area contributed by atoms with Gasteiger partial charge < -0.3 is 14.4 Å². The lowest BCUT2D eigenvalue weighted by Gasteiger charge is -2.57. The molecule has 5 aliphatic heterocycles. The number of piperidine rings is 1. The zero-order valence-electron chi connectivity index (χ0n) is 14.9. The van der Waals surface area contributed by atoms with Crippen molar-refractivity contribution in [1.82, 2.24) is 4.90 Å². The Morgan fingerprint density at radius 3 is 2.78 bits per heavy atom. The number of nitrogens with zero attached hydrogens (tertiary/aromatic N) is 1. The maximum atomic E-state index is 13.3. The molecule has 0 N–H and O–H groups in total. The van der Waals surface area contributed by atoms with Crippen molar-refractivity contribution in [2.75, 3.05) is 6.54 Å². The van der Waals surface area contributed by atoms with Crippen LogP contribution >= 0.6 is 15.9 Å². The van der Waals surface area contributed by atoms with Crippen molar-refractivity contribution in [3.63, 3.8) is 0 Å². The summed E-state index contributed by atoms with van der Waals surface area (Å²) in [5.74, 6) is -1.44. The van der Waals surface area contributed by atoms with Gasteiger partial charge in [0.05, 0.1) is 12.5 Å². The van der Waals surface area contributed by atoms with E-state index in [1.807, 2.05) is 17.0 Å². The van der Waals surface area contributed by atoms with Gasteiger partial charge in [-0.2, -0.15) is 0 Å². The Labute approximate surface area is 164 Å². The molecule has 0 saturated carbocycles. The highest BCUT2D eigenvalue weighted by Crippen LogP contribution is 2.54. The molecule has 1 spiro atoms. The summed E-state index contributed by atoms with van der Waals surface area (Å²) >= 11 is 3.40. The van der Waals surface area contributed by atoms with E-state index in [0.717, 1.165) is 4.47 Å². The molecule has 27 heavy (non-hydrogen) atoms. The number of likely N-dealkylation sites (tertiary alicyclic amines) is 1. The van der Waals surface area contributed by atoms with E-state index in [1.165, 1.54) is 0 Å². The number of hydrogen-bond acceptors (Lipinski definition) is 6. The Balaban J connectivity index is 1.55. The third-order valence-electron chi connectivity index (χ3n) is 6.22. The summed E-state index contributed by atoms with van der Waals surface area (Å²) in [7, 11) is 0. The maximum Gasteiger partial charge on any atom is 0.308 e. The molecule has 144 valence electrons. The predicted molar refractivity (Wildman–Crippen MR) is 95.2 cm³/mol. The first-order chi connectivity index (χ1) is 12.9. The first kappa shape index (κ1) is 17.6. The van der Waals surface area contributed by atoms with Crippen molar-refractivity contribution in [2.24, 2.45) is 5.92 Å². The molecule has 5 heterocycles. The minimum atomic E-state index is -0.984. The number of benzene rings is 1. The second-order valence-electron chi connectivity index (χ2n) is 7.84. The van der Waals surface area contributed by atoms with E-state index in [4.69, 9.17) is 19.2 Å². The fraction of sp³-hybridized carbons (Fsp3) is 0.579. The van der Waals surface area contributed by atoms with Gasteiger partial charge in [-0.3, -0.25) is 9.59 Å². The Morgan fingerprint density at radius 1 is 1.22 bits per heavy atom. The molecule has 6 rings (SSSR count). The minimum absolute atomic E-state index is 0.0601. The first-order valence-corrected chi connectivity index (χ1v) is 10.0. The van der Waals surface area contributed by atoms with Crippen LogP contribution < -0.4 is 0 Å². The topological polar surface area (TPSA) is 74.3 Å². The van der Waals surface area contributed by atoms with Crippen LogP contribution in [-0.2, 0) is 24.0 Å². The number of hydrogen-bond donors (Lipinski definition) is 0. The SMILES string of the molecule is C[C@@]12CC[C@H]3N(C(=O)c4ccc(Br)cc4)CC[C@H]4CC(=O)O[C@H](O1)[C@]43OO2. The van der Waals surface area contributed by atoms with Crippen LogP contribution in [0.1, 0.15) is 43.0 Å². The lowest BCUT2D eigenvalue weighted by atomic mass is 9.70. The molecule has 2 bridgehead atoms.